The largest absolute Gasteiger partial charge is 0.462 e. The Morgan fingerprint density at radius 1 is 0.263 bits per heavy atom. The Morgan fingerprint density at radius 2 is 0.512 bits per heavy atom. The highest BCUT2D eigenvalue weighted by atomic mass is 16.6. The van der Waals surface area contributed by atoms with E-state index in [1.54, 1.807) is 0 Å². The number of carbonyl (C=O) groups is 3. The quantitative estimate of drug-likeness (QED) is 0.0261. The molecule has 0 saturated heterocycles. The van der Waals surface area contributed by atoms with Gasteiger partial charge in [0.1, 0.15) is 13.2 Å². The molecule has 0 saturated carbocycles. The molecule has 0 radical (unpaired) electrons. The lowest BCUT2D eigenvalue weighted by Crippen LogP contribution is -2.30. The standard InChI is InChI=1S/C74H122O6/c1-4-7-10-13-16-19-22-25-28-30-32-33-34-35-36-37-38-39-40-41-43-44-46-49-52-55-58-61-64-67-73(76)79-70-71(69-78-72(75)66-63-60-57-54-51-48-27-24-21-18-15-12-9-6-3)80-74(77)68-65-62-59-56-53-50-47-45-42-31-29-26-23-20-17-14-11-8-5-2/h7,10,15-16,18-19,24-25,27-28,32-33,35-36,38-39,41,43,46,49,55,58,71H,4-6,8-9,11-14,17,20-23,26,29-31,34,37,40,42,44-45,47-48,50-54,56-57,59-70H2,1-3H3/b10-7-,18-15-,19-16-,27-24-,28-25-,33-32-,36-35-,39-38-,43-41-,49-46-,58-55-. The van der Waals surface area contributed by atoms with E-state index in [2.05, 4.69) is 154 Å². The zero-order chi connectivity index (χ0) is 57.8. The van der Waals surface area contributed by atoms with Gasteiger partial charge in [-0.25, -0.2) is 0 Å². The Bertz CT molecular complexity index is 1700. The highest BCUT2D eigenvalue weighted by Crippen LogP contribution is 2.16. The average Bonchev–Trinajstić information content (AvgIpc) is 3.46. The number of carbonyl (C=O) groups excluding carboxylic acids is 3. The molecule has 0 fully saturated rings. The highest BCUT2D eigenvalue weighted by Gasteiger charge is 2.19. The van der Waals surface area contributed by atoms with Crippen LogP contribution in [0.3, 0.4) is 0 Å². The lowest BCUT2D eigenvalue weighted by molar-refractivity contribution is -0.167. The van der Waals surface area contributed by atoms with Gasteiger partial charge in [-0.05, 0) is 109 Å². The fourth-order valence-corrected chi connectivity index (χ4v) is 8.93. The summed E-state index contributed by atoms with van der Waals surface area (Å²) in [6.07, 6.45) is 94.7. The van der Waals surface area contributed by atoms with Gasteiger partial charge in [-0.2, -0.15) is 0 Å². The Labute approximate surface area is 494 Å². The van der Waals surface area contributed by atoms with Gasteiger partial charge in [0.2, 0.25) is 0 Å². The van der Waals surface area contributed by atoms with E-state index in [1.807, 2.05) is 0 Å². The molecule has 0 aliphatic rings. The second-order valence-electron chi connectivity index (χ2n) is 21.6. The highest BCUT2D eigenvalue weighted by molar-refractivity contribution is 5.71. The monoisotopic (exact) mass is 1110 g/mol. The van der Waals surface area contributed by atoms with Gasteiger partial charge in [-0.3, -0.25) is 14.4 Å². The zero-order valence-corrected chi connectivity index (χ0v) is 52.0. The first-order valence-corrected chi connectivity index (χ1v) is 33.2. The number of hydrogen-bond acceptors (Lipinski definition) is 6. The van der Waals surface area contributed by atoms with Crippen LogP contribution < -0.4 is 0 Å². The van der Waals surface area contributed by atoms with E-state index in [-0.39, 0.29) is 37.5 Å². The predicted molar refractivity (Wildman–Crippen MR) is 348 cm³/mol. The molecule has 0 aromatic rings. The van der Waals surface area contributed by atoms with Gasteiger partial charge >= 0.3 is 17.9 Å². The molecule has 0 bridgehead atoms. The van der Waals surface area contributed by atoms with Gasteiger partial charge in [0.25, 0.3) is 0 Å². The Hall–Kier alpha value is -4.45. The minimum Gasteiger partial charge on any atom is -0.462 e. The molecule has 0 aromatic heterocycles. The Kier molecular flexibility index (Phi) is 63.3. The molecule has 6 heteroatoms. The first kappa shape index (κ1) is 75.5. The van der Waals surface area contributed by atoms with Crippen molar-refractivity contribution in [1.82, 2.24) is 0 Å². The summed E-state index contributed by atoms with van der Waals surface area (Å²) in [7, 11) is 0. The van der Waals surface area contributed by atoms with Crippen LogP contribution >= 0.6 is 0 Å². The van der Waals surface area contributed by atoms with E-state index in [4.69, 9.17) is 14.2 Å². The summed E-state index contributed by atoms with van der Waals surface area (Å²) in [6.45, 7) is 6.45. The maximum atomic E-state index is 12.9. The van der Waals surface area contributed by atoms with Gasteiger partial charge < -0.3 is 14.2 Å². The van der Waals surface area contributed by atoms with Gasteiger partial charge in [0.15, 0.2) is 6.10 Å². The molecule has 1 unspecified atom stereocenters. The van der Waals surface area contributed by atoms with Crippen LogP contribution in [0.4, 0.5) is 0 Å². The maximum Gasteiger partial charge on any atom is 0.306 e. The molecule has 0 aliphatic carbocycles. The first-order valence-electron chi connectivity index (χ1n) is 33.2. The van der Waals surface area contributed by atoms with Gasteiger partial charge in [-0.1, -0.05) is 302 Å². The lowest BCUT2D eigenvalue weighted by atomic mass is 10.0. The van der Waals surface area contributed by atoms with Crippen LogP contribution in [-0.2, 0) is 28.6 Å². The van der Waals surface area contributed by atoms with Crippen LogP contribution in [0.5, 0.6) is 0 Å². The topological polar surface area (TPSA) is 78.9 Å². The second-order valence-corrected chi connectivity index (χ2v) is 21.6. The molecule has 0 aromatic carbocycles. The van der Waals surface area contributed by atoms with Gasteiger partial charge in [0, 0.05) is 19.3 Å². The zero-order valence-electron chi connectivity index (χ0n) is 52.0. The van der Waals surface area contributed by atoms with E-state index in [0.717, 1.165) is 128 Å². The number of rotatable bonds is 59. The molecular formula is C74H122O6. The van der Waals surface area contributed by atoms with Crippen LogP contribution in [0, 0.1) is 0 Å². The van der Waals surface area contributed by atoms with Gasteiger partial charge in [-0.15, -0.1) is 0 Å². The summed E-state index contributed by atoms with van der Waals surface area (Å²) in [5, 5.41) is 0. The fourth-order valence-electron chi connectivity index (χ4n) is 8.93. The molecule has 0 N–H and O–H groups in total. The molecule has 6 nitrogen and oxygen atoms in total. The average molecular weight is 1110 g/mol. The molecule has 80 heavy (non-hydrogen) atoms. The fraction of sp³-hybridized carbons (Fsp3) is 0.662. The van der Waals surface area contributed by atoms with Crippen LogP contribution in [0.15, 0.2) is 134 Å². The van der Waals surface area contributed by atoms with Crippen molar-refractivity contribution in [3.63, 3.8) is 0 Å². The number of unbranched alkanes of at least 4 members (excludes halogenated alkanes) is 26. The van der Waals surface area contributed by atoms with E-state index in [9.17, 15) is 14.4 Å². The molecule has 0 amide bonds. The molecule has 1 atom stereocenters. The number of ether oxygens (including phenoxy) is 3. The van der Waals surface area contributed by atoms with E-state index >= 15 is 0 Å². The maximum absolute atomic E-state index is 12.9. The molecule has 454 valence electrons. The number of allylic oxidation sites excluding steroid dienone is 22. The summed E-state index contributed by atoms with van der Waals surface area (Å²) in [6, 6.07) is 0. The van der Waals surface area contributed by atoms with Crippen molar-refractivity contribution in [2.45, 2.75) is 303 Å². The van der Waals surface area contributed by atoms with Crippen molar-refractivity contribution in [1.29, 1.82) is 0 Å². The van der Waals surface area contributed by atoms with Crippen molar-refractivity contribution in [2.75, 3.05) is 13.2 Å². The molecule has 0 rings (SSSR count). The van der Waals surface area contributed by atoms with Gasteiger partial charge in [0.05, 0.1) is 0 Å². The Morgan fingerprint density at radius 3 is 0.850 bits per heavy atom. The Balaban J connectivity index is 4.45. The molecular weight excluding hydrogens is 985 g/mol. The summed E-state index contributed by atoms with van der Waals surface area (Å²) < 4.78 is 16.9. The van der Waals surface area contributed by atoms with Crippen LogP contribution in [0.2, 0.25) is 0 Å². The van der Waals surface area contributed by atoms with E-state index in [0.29, 0.717) is 19.3 Å². The number of esters is 3. The first-order chi connectivity index (χ1) is 39.5. The second kappa shape index (κ2) is 67.1. The van der Waals surface area contributed by atoms with Crippen molar-refractivity contribution < 1.29 is 28.6 Å². The summed E-state index contributed by atoms with van der Waals surface area (Å²) in [5.74, 6) is -0.973. The summed E-state index contributed by atoms with van der Waals surface area (Å²) >= 11 is 0. The van der Waals surface area contributed by atoms with Crippen molar-refractivity contribution in [3.8, 4) is 0 Å². The van der Waals surface area contributed by atoms with Crippen molar-refractivity contribution in [2.24, 2.45) is 0 Å². The van der Waals surface area contributed by atoms with Crippen LogP contribution in [-0.4, -0.2) is 37.2 Å². The van der Waals surface area contributed by atoms with Crippen molar-refractivity contribution in [3.05, 3.63) is 134 Å². The lowest BCUT2D eigenvalue weighted by Gasteiger charge is -2.18. The molecule has 0 heterocycles. The van der Waals surface area contributed by atoms with E-state index < -0.39 is 6.10 Å². The van der Waals surface area contributed by atoms with Crippen LogP contribution in [0.1, 0.15) is 297 Å². The van der Waals surface area contributed by atoms with Crippen LogP contribution in [0.25, 0.3) is 0 Å². The number of hydrogen-bond donors (Lipinski definition) is 0. The SMILES string of the molecule is CC/C=C\C/C=C\C/C=C\C/C=C\C/C=C\C/C=C\C/C=C\C/C=C\C/C=C\CCCC(=O)OCC(COC(=O)CCCCCCC/C=C\C/C=C\CCCC)OC(=O)CCCCCCCCCCCCCCCCCCCCC. The molecule has 0 spiro atoms. The normalized spacial score (nSPS) is 13.0. The third kappa shape index (κ3) is 64.4. The minimum atomic E-state index is -0.811. The predicted octanol–water partition coefficient (Wildman–Crippen LogP) is 22.9. The molecule has 0 aliphatic heterocycles. The smallest absolute Gasteiger partial charge is 0.306 e. The summed E-state index contributed by atoms with van der Waals surface area (Å²) in [5.41, 5.74) is 0. The minimum absolute atomic E-state index is 0.104. The third-order valence-electron chi connectivity index (χ3n) is 13.9. The third-order valence-corrected chi connectivity index (χ3v) is 13.9. The summed E-state index contributed by atoms with van der Waals surface area (Å²) in [4.78, 5) is 38.3. The van der Waals surface area contributed by atoms with Crippen molar-refractivity contribution >= 4 is 17.9 Å². The van der Waals surface area contributed by atoms with E-state index in [1.165, 1.54) is 122 Å².